The molecule has 1 aliphatic rings. The summed E-state index contributed by atoms with van der Waals surface area (Å²) < 4.78 is 13.3. The largest absolute Gasteiger partial charge is 0.478 e. The van der Waals surface area contributed by atoms with E-state index in [9.17, 15) is 14.0 Å². The molecule has 0 bridgehead atoms. The molecule has 0 aromatic heterocycles. The van der Waals surface area contributed by atoms with Crippen LogP contribution in [0.1, 0.15) is 43.5 Å². The van der Waals surface area contributed by atoms with Crippen molar-refractivity contribution in [3.05, 3.63) is 29.6 Å². The highest BCUT2D eigenvalue weighted by Crippen LogP contribution is 2.43. The van der Waals surface area contributed by atoms with Crippen LogP contribution in [0.4, 0.5) is 10.1 Å². The van der Waals surface area contributed by atoms with Crippen LogP contribution < -0.4 is 5.32 Å². The third-order valence-electron chi connectivity index (χ3n) is 4.04. The highest BCUT2D eigenvalue weighted by molar-refractivity contribution is 5.95. The highest BCUT2D eigenvalue weighted by Gasteiger charge is 2.39. The van der Waals surface area contributed by atoms with Crippen LogP contribution in [0.15, 0.2) is 18.2 Å². The van der Waals surface area contributed by atoms with Crippen LogP contribution in [0.3, 0.4) is 0 Å². The van der Waals surface area contributed by atoms with E-state index >= 15 is 0 Å². The molecule has 0 saturated heterocycles. The molecule has 108 valence electrons. The smallest absolute Gasteiger partial charge is 0.338 e. The van der Waals surface area contributed by atoms with Gasteiger partial charge in [0, 0.05) is 11.6 Å². The summed E-state index contributed by atoms with van der Waals surface area (Å²) in [6.45, 7) is 4.11. The van der Waals surface area contributed by atoms with Crippen molar-refractivity contribution in [2.75, 3.05) is 5.32 Å². The van der Waals surface area contributed by atoms with E-state index in [1.165, 1.54) is 6.07 Å². The number of carbonyl (C=O) groups is 2. The first kappa shape index (κ1) is 14.5. The number of carboxylic acids is 1. The Bertz CT molecular complexity index is 554. The van der Waals surface area contributed by atoms with E-state index < -0.39 is 17.3 Å². The van der Waals surface area contributed by atoms with Crippen molar-refractivity contribution in [2.24, 2.45) is 11.3 Å². The van der Waals surface area contributed by atoms with Crippen LogP contribution in [0.5, 0.6) is 0 Å². The Morgan fingerprint density at radius 2 is 2.10 bits per heavy atom. The van der Waals surface area contributed by atoms with Gasteiger partial charge in [-0.15, -0.1) is 0 Å². The van der Waals surface area contributed by atoms with Crippen LogP contribution in [-0.2, 0) is 4.79 Å². The van der Waals surface area contributed by atoms with Gasteiger partial charge in [-0.3, -0.25) is 4.79 Å². The summed E-state index contributed by atoms with van der Waals surface area (Å²) in [5, 5.41) is 11.6. The van der Waals surface area contributed by atoms with Crippen molar-refractivity contribution in [3.8, 4) is 0 Å². The lowest BCUT2D eigenvalue weighted by Crippen LogP contribution is -2.30. The average molecular weight is 279 g/mol. The lowest BCUT2D eigenvalue weighted by molar-refractivity contribution is -0.122. The summed E-state index contributed by atoms with van der Waals surface area (Å²) in [6.07, 6.45) is 2.83. The molecule has 1 aromatic rings. The lowest BCUT2D eigenvalue weighted by atomic mass is 9.81. The summed E-state index contributed by atoms with van der Waals surface area (Å²) in [7, 11) is 0. The molecule has 1 atom stereocenters. The van der Waals surface area contributed by atoms with Crippen molar-refractivity contribution in [1.82, 2.24) is 0 Å². The Morgan fingerprint density at radius 1 is 1.40 bits per heavy atom. The number of benzene rings is 1. The monoisotopic (exact) mass is 279 g/mol. The van der Waals surface area contributed by atoms with E-state index in [2.05, 4.69) is 19.2 Å². The van der Waals surface area contributed by atoms with Gasteiger partial charge in [0.1, 0.15) is 5.82 Å². The van der Waals surface area contributed by atoms with E-state index in [1.54, 1.807) is 0 Å². The maximum atomic E-state index is 13.3. The normalized spacial score (nSPS) is 20.6. The molecule has 1 aliphatic carbocycles. The van der Waals surface area contributed by atoms with Crippen LogP contribution in [0.25, 0.3) is 0 Å². The van der Waals surface area contributed by atoms with Gasteiger partial charge in [-0.25, -0.2) is 9.18 Å². The first-order valence-electron chi connectivity index (χ1n) is 6.65. The molecule has 20 heavy (non-hydrogen) atoms. The molecule has 0 radical (unpaired) electrons. The number of amides is 1. The molecule has 1 saturated carbocycles. The van der Waals surface area contributed by atoms with Gasteiger partial charge >= 0.3 is 5.97 Å². The fraction of sp³-hybridized carbons (Fsp3) is 0.467. The topological polar surface area (TPSA) is 66.4 Å². The number of nitrogens with one attached hydrogen (secondary N) is 1. The van der Waals surface area contributed by atoms with Crippen molar-refractivity contribution < 1.29 is 19.1 Å². The first-order valence-corrected chi connectivity index (χ1v) is 6.65. The quantitative estimate of drug-likeness (QED) is 0.892. The van der Waals surface area contributed by atoms with E-state index in [1.807, 2.05) is 0 Å². The maximum Gasteiger partial charge on any atom is 0.338 e. The van der Waals surface area contributed by atoms with E-state index in [-0.39, 0.29) is 17.2 Å². The molecular formula is C15H18FNO3. The summed E-state index contributed by atoms with van der Waals surface area (Å²) in [6, 6.07) is 3.58. The molecule has 2 rings (SSSR count). The summed E-state index contributed by atoms with van der Waals surface area (Å²) >= 11 is 0. The molecule has 0 heterocycles. The number of aromatic carboxylic acids is 1. The van der Waals surface area contributed by atoms with Crippen LogP contribution in [-0.4, -0.2) is 17.0 Å². The molecule has 1 aromatic carbocycles. The number of rotatable bonds is 3. The van der Waals surface area contributed by atoms with Gasteiger partial charge in [0.25, 0.3) is 0 Å². The molecule has 4 nitrogen and oxygen atoms in total. The fourth-order valence-corrected chi connectivity index (χ4v) is 2.81. The van der Waals surface area contributed by atoms with E-state index in [4.69, 9.17) is 5.11 Å². The Hall–Kier alpha value is -1.91. The van der Waals surface area contributed by atoms with E-state index in [0.29, 0.717) is 5.69 Å². The summed E-state index contributed by atoms with van der Waals surface area (Å²) in [4.78, 5) is 23.1. The zero-order valence-corrected chi connectivity index (χ0v) is 11.6. The number of hydrogen-bond acceptors (Lipinski definition) is 2. The number of carboxylic acid groups (broad SMARTS) is 1. The second-order valence-corrected chi connectivity index (χ2v) is 5.92. The van der Waals surface area contributed by atoms with Crippen LogP contribution in [0, 0.1) is 17.2 Å². The molecule has 1 unspecified atom stereocenters. The molecular weight excluding hydrogens is 261 g/mol. The van der Waals surface area contributed by atoms with Gasteiger partial charge in [-0.05, 0) is 36.5 Å². The average Bonchev–Trinajstić information content (AvgIpc) is 2.71. The summed E-state index contributed by atoms with van der Waals surface area (Å²) in [5.74, 6) is -2.38. The predicted octanol–water partition coefficient (Wildman–Crippen LogP) is 3.29. The lowest BCUT2D eigenvalue weighted by Gasteiger charge is -2.25. The number of carbonyl (C=O) groups excluding carboxylic acids is 1. The van der Waals surface area contributed by atoms with Crippen molar-refractivity contribution in [3.63, 3.8) is 0 Å². The van der Waals surface area contributed by atoms with Gasteiger partial charge in [-0.2, -0.15) is 0 Å². The predicted molar refractivity (Wildman–Crippen MR) is 73.1 cm³/mol. The van der Waals surface area contributed by atoms with Crippen molar-refractivity contribution in [1.29, 1.82) is 0 Å². The third-order valence-corrected chi connectivity index (χ3v) is 4.04. The zero-order valence-electron chi connectivity index (χ0n) is 11.6. The second-order valence-electron chi connectivity index (χ2n) is 5.92. The van der Waals surface area contributed by atoms with Crippen LogP contribution in [0.2, 0.25) is 0 Å². The van der Waals surface area contributed by atoms with Crippen molar-refractivity contribution in [2.45, 2.75) is 33.1 Å². The number of anilines is 1. The maximum absolute atomic E-state index is 13.3. The van der Waals surface area contributed by atoms with Gasteiger partial charge in [0.15, 0.2) is 0 Å². The first-order chi connectivity index (χ1) is 9.31. The van der Waals surface area contributed by atoms with Gasteiger partial charge in [0.05, 0.1) is 5.56 Å². The third kappa shape index (κ3) is 2.81. The fourth-order valence-electron chi connectivity index (χ4n) is 2.81. The standard InChI is InChI=1S/C15H18FNO3/c1-15(2)7-3-4-11(15)13(18)17-9-5-6-12(16)10(8-9)14(19)20/h5-6,8,11H,3-4,7H2,1-2H3,(H,17,18)(H,19,20). The zero-order chi connectivity index (χ0) is 14.9. The Morgan fingerprint density at radius 3 is 2.65 bits per heavy atom. The minimum Gasteiger partial charge on any atom is -0.478 e. The summed E-state index contributed by atoms with van der Waals surface area (Å²) in [5.41, 5.74) is -0.176. The minimum atomic E-state index is -1.35. The number of halogens is 1. The molecule has 0 aliphatic heterocycles. The van der Waals surface area contributed by atoms with Crippen LogP contribution >= 0.6 is 0 Å². The molecule has 2 N–H and O–H groups in total. The highest BCUT2D eigenvalue weighted by atomic mass is 19.1. The SMILES string of the molecule is CC1(C)CCCC1C(=O)Nc1ccc(F)c(C(=O)O)c1. The van der Waals surface area contributed by atoms with Gasteiger partial charge < -0.3 is 10.4 Å². The molecule has 5 heteroatoms. The molecule has 1 amide bonds. The molecule has 0 spiro atoms. The van der Waals surface area contributed by atoms with Gasteiger partial charge in [-0.1, -0.05) is 20.3 Å². The molecule has 1 fully saturated rings. The Kier molecular flexibility index (Phi) is 3.79. The second kappa shape index (κ2) is 5.23. The van der Waals surface area contributed by atoms with Gasteiger partial charge in [0.2, 0.25) is 5.91 Å². The number of hydrogen-bond donors (Lipinski definition) is 2. The minimum absolute atomic E-state index is 0.0558. The van der Waals surface area contributed by atoms with E-state index in [0.717, 1.165) is 31.4 Å². The Balaban J connectivity index is 2.16. The van der Waals surface area contributed by atoms with Crippen molar-refractivity contribution >= 4 is 17.6 Å². The Labute approximate surface area is 117 Å².